The highest BCUT2D eigenvalue weighted by Gasteiger charge is 2.22. The highest BCUT2D eigenvalue weighted by molar-refractivity contribution is 5.40. The number of morpholine rings is 1. The second kappa shape index (κ2) is 6.70. The van der Waals surface area contributed by atoms with E-state index in [2.05, 4.69) is 51.1 Å². The van der Waals surface area contributed by atoms with Crippen molar-refractivity contribution in [1.29, 1.82) is 0 Å². The number of nitrogens with zero attached hydrogens (tertiary/aromatic N) is 4. The van der Waals surface area contributed by atoms with E-state index in [4.69, 9.17) is 4.74 Å². The number of pyridine rings is 1. The van der Waals surface area contributed by atoms with Gasteiger partial charge in [0.2, 0.25) is 5.95 Å². The average molecular weight is 299 g/mol. The van der Waals surface area contributed by atoms with Crippen LogP contribution in [0.2, 0.25) is 0 Å². The quantitative estimate of drug-likeness (QED) is 0.933. The van der Waals surface area contributed by atoms with Gasteiger partial charge in [0.1, 0.15) is 5.82 Å². The molecule has 1 aliphatic rings. The summed E-state index contributed by atoms with van der Waals surface area (Å²) in [6, 6.07) is 5.95. The Bertz CT molecular complexity index is 579. The Morgan fingerprint density at radius 2 is 1.86 bits per heavy atom. The van der Waals surface area contributed by atoms with Gasteiger partial charge in [0.05, 0.1) is 12.2 Å². The molecule has 0 aromatic carbocycles. The minimum atomic E-state index is 0.238. The average Bonchev–Trinajstić information content (AvgIpc) is 2.53. The molecular weight excluding hydrogens is 278 g/mol. The Balaban J connectivity index is 1.60. The van der Waals surface area contributed by atoms with Gasteiger partial charge in [-0.15, -0.1) is 0 Å². The second-order valence-corrected chi connectivity index (χ2v) is 5.61. The third-order valence-corrected chi connectivity index (χ3v) is 3.57. The van der Waals surface area contributed by atoms with Gasteiger partial charge in [-0.3, -0.25) is 0 Å². The molecule has 1 saturated heterocycles. The van der Waals surface area contributed by atoms with Gasteiger partial charge in [0, 0.05) is 38.2 Å². The van der Waals surface area contributed by atoms with E-state index < -0.39 is 0 Å². The van der Waals surface area contributed by atoms with Gasteiger partial charge in [-0.05, 0) is 31.5 Å². The molecule has 2 aromatic rings. The van der Waals surface area contributed by atoms with Gasteiger partial charge in [0.15, 0.2) is 0 Å². The largest absolute Gasteiger partial charge is 0.372 e. The molecule has 0 saturated carbocycles. The van der Waals surface area contributed by atoms with Crippen LogP contribution in [0.15, 0.2) is 36.8 Å². The first-order chi connectivity index (χ1) is 10.7. The first-order valence-electron chi connectivity index (χ1n) is 7.57. The molecule has 1 aliphatic heterocycles. The Kier molecular flexibility index (Phi) is 4.48. The fourth-order valence-electron chi connectivity index (χ4n) is 2.64. The zero-order valence-electron chi connectivity index (χ0n) is 12.9. The van der Waals surface area contributed by atoms with Crippen molar-refractivity contribution in [2.24, 2.45) is 0 Å². The van der Waals surface area contributed by atoms with Crippen molar-refractivity contribution in [1.82, 2.24) is 15.0 Å². The summed E-state index contributed by atoms with van der Waals surface area (Å²) >= 11 is 0. The van der Waals surface area contributed by atoms with Crippen molar-refractivity contribution in [3.05, 3.63) is 42.4 Å². The van der Waals surface area contributed by atoms with Crippen molar-refractivity contribution in [3.63, 3.8) is 0 Å². The van der Waals surface area contributed by atoms with E-state index in [1.807, 2.05) is 6.20 Å². The summed E-state index contributed by atoms with van der Waals surface area (Å²) in [4.78, 5) is 15.1. The van der Waals surface area contributed by atoms with Crippen LogP contribution in [0.4, 0.5) is 11.8 Å². The molecule has 0 radical (unpaired) electrons. The van der Waals surface area contributed by atoms with Crippen LogP contribution >= 0.6 is 0 Å². The molecule has 0 bridgehead atoms. The molecule has 3 rings (SSSR count). The van der Waals surface area contributed by atoms with Gasteiger partial charge < -0.3 is 15.0 Å². The molecule has 0 aliphatic carbocycles. The fraction of sp³-hybridized carbons (Fsp3) is 0.438. The highest BCUT2D eigenvalue weighted by Crippen LogP contribution is 2.18. The molecule has 1 N–H and O–H groups in total. The number of aromatic nitrogens is 3. The molecule has 6 nitrogen and oxygen atoms in total. The van der Waals surface area contributed by atoms with Gasteiger partial charge in [-0.2, -0.15) is 0 Å². The number of hydrogen-bond donors (Lipinski definition) is 1. The fourth-order valence-corrected chi connectivity index (χ4v) is 2.64. The van der Waals surface area contributed by atoms with Crippen molar-refractivity contribution in [2.45, 2.75) is 32.6 Å². The monoisotopic (exact) mass is 299 g/mol. The van der Waals surface area contributed by atoms with Crippen molar-refractivity contribution in [2.75, 3.05) is 23.3 Å². The minimum absolute atomic E-state index is 0.238. The number of hydrogen-bond acceptors (Lipinski definition) is 6. The normalized spacial score (nSPS) is 21.6. The summed E-state index contributed by atoms with van der Waals surface area (Å²) in [7, 11) is 0. The van der Waals surface area contributed by atoms with Crippen LogP contribution < -0.4 is 10.2 Å². The minimum Gasteiger partial charge on any atom is -0.372 e. The van der Waals surface area contributed by atoms with E-state index in [9.17, 15) is 0 Å². The molecule has 2 aromatic heterocycles. The lowest BCUT2D eigenvalue weighted by molar-refractivity contribution is -0.00545. The maximum Gasteiger partial charge on any atom is 0.222 e. The SMILES string of the molecule is CC1CN(c2ccc(CNc3ncccn3)cn2)CC(C)O1. The van der Waals surface area contributed by atoms with Gasteiger partial charge >= 0.3 is 0 Å². The predicted octanol–water partition coefficient (Wildman–Crippen LogP) is 2.10. The van der Waals surface area contributed by atoms with Crippen molar-refractivity contribution >= 4 is 11.8 Å². The molecule has 1 fully saturated rings. The Morgan fingerprint density at radius 1 is 1.14 bits per heavy atom. The first-order valence-corrected chi connectivity index (χ1v) is 7.57. The molecule has 3 heterocycles. The van der Waals surface area contributed by atoms with E-state index in [1.165, 1.54) is 0 Å². The van der Waals surface area contributed by atoms with E-state index in [-0.39, 0.29) is 12.2 Å². The Labute approximate surface area is 130 Å². The smallest absolute Gasteiger partial charge is 0.222 e. The number of nitrogens with one attached hydrogen (secondary N) is 1. The maximum atomic E-state index is 5.76. The van der Waals surface area contributed by atoms with Crippen LogP contribution in [0.25, 0.3) is 0 Å². The van der Waals surface area contributed by atoms with Gasteiger partial charge in [0.25, 0.3) is 0 Å². The van der Waals surface area contributed by atoms with Crippen LogP contribution in [0, 0.1) is 0 Å². The van der Waals surface area contributed by atoms with Crippen molar-refractivity contribution < 1.29 is 4.74 Å². The third kappa shape index (κ3) is 3.71. The lowest BCUT2D eigenvalue weighted by Crippen LogP contribution is -2.45. The van der Waals surface area contributed by atoms with Crippen LogP contribution in [0.5, 0.6) is 0 Å². The number of ether oxygens (including phenoxy) is 1. The number of anilines is 2. The zero-order chi connectivity index (χ0) is 15.4. The predicted molar refractivity (Wildman–Crippen MR) is 85.8 cm³/mol. The highest BCUT2D eigenvalue weighted by atomic mass is 16.5. The molecule has 0 spiro atoms. The molecular formula is C16H21N5O. The summed E-state index contributed by atoms with van der Waals surface area (Å²) in [5.41, 5.74) is 1.10. The molecule has 116 valence electrons. The van der Waals surface area contributed by atoms with Crippen LogP contribution in [0.3, 0.4) is 0 Å². The van der Waals surface area contributed by atoms with E-state index in [1.54, 1.807) is 18.5 Å². The lowest BCUT2D eigenvalue weighted by Gasteiger charge is -2.36. The summed E-state index contributed by atoms with van der Waals surface area (Å²) in [6.45, 7) is 6.62. The zero-order valence-corrected chi connectivity index (χ0v) is 12.9. The van der Waals surface area contributed by atoms with Crippen LogP contribution in [0.1, 0.15) is 19.4 Å². The van der Waals surface area contributed by atoms with Crippen molar-refractivity contribution in [3.8, 4) is 0 Å². The molecule has 6 heteroatoms. The van der Waals surface area contributed by atoms with E-state index in [0.717, 1.165) is 24.5 Å². The third-order valence-electron chi connectivity index (χ3n) is 3.57. The van der Waals surface area contributed by atoms with E-state index in [0.29, 0.717) is 12.5 Å². The molecule has 22 heavy (non-hydrogen) atoms. The van der Waals surface area contributed by atoms with Gasteiger partial charge in [-0.1, -0.05) is 6.07 Å². The van der Waals surface area contributed by atoms with Crippen LogP contribution in [-0.2, 0) is 11.3 Å². The summed E-state index contributed by atoms with van der Waals surface area (Å²) in [6.07, 6.45) is 5.81. The molecule has 0 amide bonds. The standard InChI is InChI=1S/C16H21N5O/c1-12-10-21(11-13(2)22-12)15-5-4-14(8-19-15)9-20-16-17-6-3-7-18-16/h3-8,12-13H,9-11H2,1-2H3,(H,17,18,20). The van der Waals surface area contributed by atoms with Crippen LogP contribution in [-0.4, -0.2) is 40.2 Å². The Hall–Kier alpha value is -2.21. The summed E-state index contributed by atoms with van der Waals surface area (Å²) in [5, 5.41) is 3.18. The molecule has 2 unspecified atom stereocenters. The topological polar surface area (TPSA) is 63.2 Å². The lowest BCUT2D eigenvalue weighted by atomic mass is 10.2. The molecule has 2 atom stereocenters. The second-order valence-electron chi connectivity index (χ2n) is 5.61. The number of rotatable bonds is 4. The Morgan fingerprint density at radius 3 is 2.50 bits per heavy atom. The summed E-state index contributed by atoms with van der Waals surface area (Å²) in [5.74, 6) is 1.63. The maximum absolute atomic E-state index is 5.76. The van der Waals surface area contributed by atoms with E-state index >= 15 is 0 Å². The first kappa shape index (κ1) is 14.7. The van der Waals surface area contributed by atoms with Gasteiger partial charge in [-0.25, -0.2) is 15.0 Å². The summed E-state index contributed by atoms with van der Waals surface area (Å²) < 4.78 is 5.76.